The first-order chi connectivity index (χ1) is 7.74. The van der Waals surface area contributed by atoms with Gasteiger partial charge in [0.15, 0.2) is 0 Å². The smallest absolute Gasteiger partial charge is 0.0426 e. The summed E-state index contributed by atoms with van der Waals surface area (Å²) in [5, 5.41) is 0.793. The Kier molecular flexibility index (Phi) is 3.72. The second-order valence-electron chi connectivity index (χ2n) is 4.46. The molecule has 0 radical (unpaired) electrons. The summed E-state index contributed by atoms with van der Waals surface area (Å²) >= 11 is 6.06. The molecule has 2 rings (SSSR count). The molecule has 2 N–H and O–H groups in total. The zero-order chi connectivity index (χ0) is 11.5. The lowest BCUT2D eigenvalue weighted by atomic mass is 10.1. The monoisotopic (exact) mass is 238 g/mol. The van der Waals surface area contributed by atoms with E-state index in [1.54, 1.807) is 0 Å². The predicted molar refractivity (Wildman–Crippen MR) is 70.0 cm³/mol. The largest absolute Gasteiger partial charge is 0.371 e. The summed E-state index contributed by atoms with van der Waals surface area (Å²) in [5.74, 6) is 0.879. The lowest BCUT2D eigenvalue weighted by Gasteiger charge is -2.25. The fourth-order valence-corrected chi connectivity index (χ4v) is 2.18. The van der Waals surface area contributed by atoms with E-state index < -0.39 is 0 Å². The average molecular weight is 239 g/mol. The van der Waals surface area contributed by atoms with Gasteiger partial charge >= 0.3 is 0 Å². The highest BCUT2D eigenvalue weighted by molar-refractivity contribution is 6.30. The average Bonchev–Trinajstić information content (AvgIpc) is 3.09. The number of benzene rings is 1. The molecule has 0 amide bonds. The zero-order valence-electron chi connectivity index (χ0n) is 9.75. The van der Waals surface area contributed by atoms with E-state index in [0.29, 0.717) is 6.54 Å². The van der Waals surface area contributed by atoms with Gasteiger partial charge in [0, 0.05) is 30.3 Å². The van der Waals surface area contributed by atoms with Crippen molar-refractivity contribution in [2.75, 3.05) is 18.0 Å². The van der Waals surface area contributed by atoms with Gasteiger partial charge in [0.1, 0.15) is 0 Å². The first kappa shape index (κ1) is 11.7. The summed E-state index contributed by atoms with van der Waals surface area (Å²) in [4.78, 5) is 2.39. The molecule has 0 unspecified atom stereocenters. The first-order valence-electron chi connectivity index (χ1n) is 5.98. The minimum atomic E-state index is 0.577. The fraction of sp³-hybridized carbons (Fsp3) is 0.538. The molecule has 0 aromatic heterocycles. The van der Waals surface area contributed by atoms with Crippen LogP contribution in [0.5, 0.6) is 0 Å². The number of halogens is 1. The number of nitrogens with zero attached hydrogens (tertiary/aromatic N) is 1. The molecule has 0 spiro atoms. The Labute approximate surface area is 102 Å². The van der Waals surface area contributed by atoms with Crippen LogP contribution in [-0.4, -0.2) is 13.1 Å². The maximum atomic E-state index is 6.06. The molecule has 1 fully saturated rings. The van der Waals surface area contributed by atoms with Gasteiger partial charge in [-0.3, -0.25) is 0 Å². The third kappa shape index (κ3) is 2.69. The van der Waals surface area contributed by atoms with E-state index in [9.17, 15) is 0 Å². The quantitative estimate of drug-likeness (QED) is 0.855. The zero-order valence-corrected chi connectivity index (χ0v) is 10.5. The molecule has 2 nitrogen and oxygen atoms in total. The molecule has 1 aromatic carbocycles. The van der Waals surface area contributed by atoms with E-state index in [1.165, 1.54) is 24.1 Å². The molecule has 3 heteroatoms. The maximum absolute atomic E-state index is 6.06. The fourth-order valence-electron chi connectivity index (χ4n) is 2.01. The van der Waals surface area contributed by atoms with Crippen LogP contribution in [0.15, 0.2) is 18.2 Å². The Morgan fingerprint density at radius 3 is 2.75 bits per heavy atom. The van der Waals surface area contributed by atoms with Crippen LogP contribution < -0.4 is 10.6 Å². The van der Waals surface area contributed by atoms with Crippen molar-refractivity contribution < 1.29 is 0 Å². The minimum Gasteiger partial charge on any atom is -0.371 e. The third-order valence-corrected chi connectivity index (χ3v) is 3.40. The van der Waals surface area contributed by atoms with E-state index in [2.05, 4.69) is 11.8 Å². The molecule has 0 atom stereocenters. The van der Waals surface area contributed by atoms with Gasteiger partial charge in [0.25, 0.3) is 0 Å². The molecule has 1 aliphatic rings. The lowest BCUT2D eigenvalue weighted by molar-refractivity contribution is 0.737. The van der Waals surface area contributed by atoms with E-state index in [4.69, 9.17) is 17.3 Å². The van der Waals surface area contributed by atoms with E-state index in [-0.39, 0.29) is 0 Å². The van der Waals surface area contributed by atoms with Crippen LogP contribution in [0.3, 0.4) is 0 Å². The van der Waals surface area contributed by atoms with Crippen molar-refractivity contribution in [2.45, 2.75) is 26.3 Å². The highest BCUT2D eigenvalue weighted by Crippen LogP contribution is 2.33. The highest BCUT2D eigenvalue weighted by atomic mass is 35.5. The molecule has 16 heavy (non-hydrogen) atoms. The van der Waals surface area contributed by atoms with Gasteiger partial charge in [-0.25, -0.2) is 0 Å². The van der Waals surface area contributed by atoms with Gasteiger partial charge in [-0.05, 0) is 43.4 Å². The van der Waals surface area contributed by atoms with E-state index >= 15 is 0 Å². The van der Waals surface area contributed by atoms with E-state index in [0.717, 1.165) is 24.0 Å². The Morgan fingerprint density at radius 1 is 1.44 bits per heavy atom. The molecular weight excluding hydrogens is 220 g/mol. The van der Waals surface area contributed by atoms with Crippen molar-refractivity contribution in [1.82, 2.24) is 0 Å². The standard InChI is InChI=1S/C13H19ClN2/c1-2-16(9-10-3-4-10)13-7-12(14)6-5-11(13)8-15/h5-7,10H,2-4,8-9,15H2,1H3. The topological polar surface area (TPSA) is 29.3 Å². The van der Waals surface area contributed by atoms with Crippen molar-refractivity contribution in [1.29, 1.82) is 0 Å². The molecule has 88 valence electrons. The molecule has 0 heterocycles. The van der Waals surface area contributed by atoms with Crippen LogP contribution in [0.2, 0.25) is 5.02 Å². The number of anilines is 1. The van der Waals surface area contributed by atoms with Crippen molar-refractivity contribution in [3.05, 3.63) is 28.8 Å². The molecular formula is C13H19ClN2. The predicted octanol–water partition coefficient (Wildman–Crippen LogP) is 3.04. The summed E-state index contributed by atoms with van der Waals surface area (Å²) in [7, 11) is 0. The van der Waals surface area contributed by atoms with Crippen LogP contribution in [0, 0.1) is 5.92 Å². The normalized spacial score (nSPS) is 15.2. The molecule has 0 saturated heterocycles. The van der Waals surface area contributed by atoms with Gasteiger partial charge in [0.2, 0.25) is 0 Å². The Bertz CT molecular complexity index is 361. The van der Waals surface area contributed by atoms with Crippen LogP contribution in [0.1, 0.15) is 25.3 Å². The van der Waals surface area contributed by atoms with Gasteiger partial charge in [-0.1, -0.05) is 17.7 Å². The Balaban J connectivity index is 2.23. The molecule has 1 saturated carbocycles. The summed E-state index contributed by atoms with van der Waals surface area (Å²) in [6.45, 7) is 4.92. The van der Waals surface area contributed by atoms with Crippen molar-refractivity contribution in [3.8, 4) is 0 Å². The Hall–Kier alpha value is -0.730. The second kappa shape index (κ2) is 5.07. The Morgan fingerprint density at radius 2 is 2.19 bits per heavy atom. The number of nitrogens with two attached hydrogens (primary N) is 1. The van der Waals surface area contributed by atoms with Gasteiger partial charge in [0.05, 0.1) is 0 Å². The van der Waals surface area contributed by atoms with Gasteiger partial charge in [-0.2, -0.15) is 0 Å². The lowest BCUT2D eigenvalue weighted by Crippen LogP contribution is -2.26. The number of hydrogen-bond acceptors (Lipinski definition) is 2. The van der Waals surface area contributed by atoms with Gasteiger partial charge in [-0.15, -0.1) is 0 Å². The number of rotatable bonds is 5. The highest BCUT2D eigenvalue weighted by Gasteiger charge is 2.24. The summed E-state index contributed by atoms with van der Waals surface area (Å²) in [6.07, 6.45) is 2.74. The molecule has 0 bridgehead atoms. The summed E-state index contributed by atoms with van der Waals surface area (Å²) in [6, 6.07) is 5.99. The first-order valence-corrected chi connectivity index (χ1v) is 6.35. The molecule has 1 aliphatic carbocycles. The SMILES string of the molecule is CCN(CC1CC1)c1cc(Cl)ccc1CN. The second-order valence-corrected chi connectivity index (χ2v) is 4.90. The van der Waals surface area contributed by atoms with E-state index in [1.807, 2.05) is 18.2 Å². The van der Waals surface area contributed by atoms with Crippen molar-refractivity contribution in [3.63, 3.8) is 0 Å². The number of hydrogen-bond donors (Lipinski definition) is 1. The van der Waals surface area contributed by atoms with Crippen LogP contribution in [0.25, 0.3) is 0 Å². The minimum absolute atomic E-state index is 0.577. The van der Waals surface area contributed by atoms with Crippen molar-refractivity contribution >= 4 is 17.3 Å². The summed E-state index contributed by atoms with van der Waals surface area (Å²) in [5.41, 5.74) is 8.17. The van der Waals surface area contributed by atoms with Crippen LogP contribution in [-0.2, 0) is 6.54 Å². The van der Waals surface area contributed by atoms with Crippen molar-refractivity contribution in [2.24, 2.45) is 11.7 Å². The van der Waals surface area contributed by atoms with Gasteiger partial charge < -0.3 is 10.6 Å². The summed E-state index contributed by atoms with van der Waals surface area (Å²) < 4.78 is 0. The molecule has 1 aromatic rings. The third-order valence-electron chi connectivity index (χ3n) is 3.17. The van der Waals surface area contributed by atoms with Crippen LogP contribution in [0.4, 0.5) is 5.69 Å². The molecule has 0 aliphatic heterocycles. The van der Waals surface area contributed by atoms with Crippen LogP contribution >= 0.6 is 11.6 Å². The maximum Gasteiger partial charge on any atom is 0.0426 e.